The molecule has 0 aromatic heterocycles. The predicted molar refractivity (Wildman–Crippen MR) is 80.3 cm³/mol. The van der Waals surface area contributed by atoms with Crippen molar-refractivity contribution in [1.82, 2.24) is 0 Å². The van der Waals surface area contributed by atoms with Gasteiger partial charge in [0.25, 0.3) is 5.91 Å². The number of benzene rings is 2. The van der Waals surface area contributed by atoms with Gasteiger partial charge in [0.1, 0.15) is 0 Å². The summed E-state index contributed by atoms with van der Waals surface area (Å²) in [5.41, 5.74) is 2.38. The monoisotopic (exact) mass is 288 g/mol. The van der Waals surface area contributed by atoms with Gasteiger partial charge >= 0.3 is 0 Å². The minimum atomic E-state index is -0.310. The summed E-state index contributed by atoms with van der Waals surface area (Å²) < 4.78 is 0. The van der Waals surface area contributed by atoms with Gasteiger partial charge in [-0.25, -0.2) is 0 Å². The number of carbonyl (C=O) groups excluding carboxylic acids is 2. The lowest BCUT2D eigenvalue weighted by Gasteiger charge is -2.10. The molecule has 5 heteroatoms. The van der Waals surface area contributed by atoms with Gasteiger partial charge in [0.15, 0.2) is 0 Å². The van der Waals surface area contributed by atoms with Gasteiger partial charge < -0.3 is 10.6 Å². The first-order valence-electron chi connectivity index (χ1n) is 5.98. The third kappa shape index (κ3) is 3.16. The number of amides is 2. The zero-order chi connectivity index (χ0) is 14.5. The first-order valence-corrected chi connectivity index (χ1v) is 6.36. The van der Waals surface area contributed by atoms with Crippen LogP contribution in [0.4, 0.5) is 11.4 Å². The molecule has 0 aliphatic carbocycles. The summed E-state index contributed by atoms with van der Waals surface area (Å²) in [7, 11) is 0. The van der Waals surface area contributed by atoms with Crippen LogP contribution in [0.2, 0.25) is 5.02 Å². The molecule has 2 aromatic rings. The second kappa shape index (κ2) is 6.21. The molecule has 0 unspecified atom stereocenters. The Labute approximate surface area is 121 Å². The van der Waals surface area contributed by atoms with Gasteiger partial charge in [0, 0.05) is 10.7 Å². The van der Waals surface area contributed by atoms with Crippen LogP contribution in [0.1, 0.15) is 15.9 Å². The van der Waals surface area contributed by atoms with Gasteiger partial charge in [-0.1, -0.05) is 29.8 Å². The number of nitrogens with one attached hydrogen (secondary N) is 2. The molecule has 0 saturated heterocycles. The number of hydrogen-bond acceptors (Lipinski definition) is 2. The van der Waals surface area contributed by atoms with Gasteiger partial charge in [-0.2, -0.15) is 0 Å². The fourth-order valence-electron chi connectivity index (χ4n) is 1.74. The van der Waals surface area contributed by atoms with Crippen LogP contribution in [-0.4, -0.2) is 12.3 Å². The van der Waals surface area contributed by atoms with E-state index in [9.17, 15) is 9.59 Å². The number of rotatable bonds is 4. The van der Waals surface area contributed by atoms with Crippen molar-refractivity contribution in [2.45, 2.75) is 6.92 Å². The maximum Gasteiger partial charge on any atom is 0.257 e. The molecule has 2 rings (SSSR count). The highest BCUT2D eigenvalue weighted by molar-refractivity contribution is 6.31. The predicted octanol–water partition coefficient (Wildman–Crippen LogP) is 3.47. The molecule has 0 fully saturated rings. The fourth-order valence-corrected chi connectivity index (χ4v) is 1.92. The quantitative estimate of drug-likeness (QED) is 0.846. The maximum atomic E-state index is 12.2. The smallest absolute Gasteiger partial charge is 0.257 e. The van der Waals surface area contributed by atoms with E-state index in [4.69, 9.17) is 11.6 Å². The number of halogens is 1. The Bertz CT molecular complexity index is 656. The Morgan fingerprint density at radius 3 is 2.65 bits per heavy atom. The Balaban J connectivity index is 2.23. The van der Waals surface area contributed by atoms with Gasteiger partial charge in [-0.15, -0.1) is 0 Å². The molecule has 4 nitrogen and oxygen atoms in total. The number of carbonyl (C=O) groups is 2. The maximum absolute atomic E-state index is 12.2. The minimum Gasteiger partial charge on any atom is -0.328 e. The first-order chi connectivity index (χ1) is 9.61. The van der Waals surface area contributed by atoms with Gasteiger partial charge in [-0.05, 0) is 36.8 Å². The highest BCUT2D eigenvalue weighted by atomic mass is 35.5. The molecule has 2 N–H and O–H groups in total. The van der Waals surface area contributed by atoms with E-state index in [1.165, 1.54) is 0 Å². The van der Waals surface area contributed by atoms with Crippen LogP contribution >= 0.6 is 11.6 Å². The van der Waals surface area contributed by atoms with Crippen LogP contribution in [-0.2, 0) is 4.79 Å². The molecular formula is C15H13ClN2O2. The Morgan fingerprint density at radius 1 is 1.20 bits per heavy atom. The summed E-state index contributed by atoms with van der Waals surface area (Å²) >= 11 is 6.01. The van der Waals surface area contributed by atoms with Crippen molar-refractivity contribution in [1.29, 1.82) is 0 Å². The van der Waals surface area contributed by atoms with Crippen molar-refractivity contribution >= 4 is 35.3 Å². The van der Waals surface area contributed by atoms with Gasteiger partial charge in [-0.3, -0.25) is 9.59 Å². The molecule has 0 spiro atoms. The minimum absolute atomic E-state index is 0.310. The van der Waals surface area contributed by atoms with Gasteiger partial charge in [0.05, 0.1) is 11.3 Å². The SMILES string of the molecule is Cc1ccc(NC(=O)c2ccccc2NC=O)cc1Cl. The van der Waals surface area contributed by atoms with E-state index in [1.54, 1.807) is 36.4 Å². The van der Waals surface area contributed by atoms with Crippen molar-refractivity contribution in [3.8, 4) is 0 Å². The van der Waals surface area contributed by atoms with Gasteiger partial charge in [0.2, 0.25) is 6.41 Å². The number of aryl methyl sites for hydroxylation is 1. The van der Waals surface area contributed by atoms with E-state index in [1.807, 2.05) is 13.0 Å². The molecule has 0 radical (unpaired) electrons. The van der Waals surface area contributed by atoms with Crippen molar-refractivity contribution < 1.29 is 9.59 Å². The molecule has 0 heterocycles. The highest BCUT2D eigenvalue weighted by Crippen LogP contribution is 2.21. The molecule has 2 aromatic carbocycles. The number of para-hydroxylation sites is 1. The van der Waals surface area contributed by atoms with Crippen molar-refractivity contribution in [3.63, 3.8) is 0 Å². The standard InChI is InChI=1S/C15H13ClN2O2/c1-10-6-7-11(8-13(10)16)18-15(20)12-4-2-3-5-14(12)17-9-19/h2-9H,1H3,(H,17,19)(H,18,20). The van der Waals surface area contributed by atoms with E-state index >= 15 is 0 Å². The lowest BCUT2D eigenvalue weighted by Crippen LogP contribution is -2.14. The molecule has 0 aliphatic heterocycles. The molecule has 0 atom stereocenters. The molecule has 102 valence electrons. The number of anilines is 2. The Hall–Kier alpha value is -2.33. The van der Waals surface area contributed by atoms with Crippen LogP contribution in [0.25, 0.3) is 0 Å². The van der Waals surface area contributed by atoms with Crippen molar-refractivity contribution in [3.05, 3.63) is 58.6 Å². The van der Waals surface area contributed by atoms with Crippen LogP contribution in [0.3, 0.4) is 0 Å². The summed E-state index contributed by atoms with van der Waals surface area (Å²) in [6.07, 6.45) is 0.537. The normalized spacial score (nSPS) is 9.90. The topological polar surface area (TPSA) is 58.2 Å². The van der Waals surface area contributed by atoms with E-state index < -0.39 is 0 Å². The summed E-state index contributed by atoms with van der Waals surface area (Å²) in [6, 6.07) is 12.0. The largest absolute Gasteiger partial charge is 0.328 e. The average molecular weight is 289 g/mol. The third-order valence-corrected chi connectivity index (χ3v) is 3.22. The van der Waals surface area contributed by atoms with E-state index in [0.717, 1.165) is 5.56 Å². The average Bonchev–Trinajstić information content (AvgIpc) is 2.44. The van der Waals surface area contributed by atoms with Crippen LogP contribution < -0.4 is 10.6 Å². The van der Waals surface area contributed by atoms with Crippen LogP contribution in [0.5, 0.6) is 0 Å². The molecule has 20 heavy (non-hydrogen) atoms. The first kappa shape index (κ1) is 14.1. The highest BCUT2D eigenvalue weighted by Gasteiger charge is 2.11. The fraction of sp³-hybridized carbons (Fsp3) is 0.0667. The molecule has 0 aliphatic rings. The van der Waals surface area contributed by atoms with E-state index in [2.05, 4.69) is 10.6 Å². The van der Waals surface area contributed by atoms with Crippen LogP contribution in [0, 0.1) is 6.92 Å². The number of hydrogen-bond donors (Lipinski definition) is 2. The lowest BCUT2D eigenvalue weighted by molar-refractivity contribution is -0.105. The van der Waals surface area contributed by atoms with Crippen molar-refractivity contribution in [2.24, 2.45) is 0 Å². The Kier molecular flexibility index (Phi) is 4.38. The summed E-state index contributed by atoms with van der Waals surface area (Å²) in [6.45, 7) is 1.89. The summed E-state index contributed by atoms with van der Waals surface area (Å²) in [5, 5.41) is 5.83. The second-order valence-corrected chi connectivity index (χ2v) is 4.63. The van der Waals surface area contributed by atoms with E-state index in [-0.39, 0.29) is 5.91 Å². The van der Waals surface area contributed by atoms with Crippen LogP contribution in [0.15, 0.2) is 42.5 Å². The zero-order valence-electron chi connectivity index (χ0n) is 10.8. The summed E-state index contributed by atoms with van der Waals surface area (Å²) in [5.74, 6) is -0.310. The molecule has 0 bridgehead atoms. The second-order valence-electron chi connectivity index (χ2n) is 4.23. The molecule has 0 saturated carbocycles. The van der Waals surface area contributed by atoms with Crippen molar-refractivity contribution in [2.75, 3.05) is 10.6 Å². The third-order valence-electron chi connectivity index (χ3n) is 2.82. The molecular weight excluding hydrogens is 276 g/mol. The van der Waals surface area contributed by atoms with E-state index in [0.29, 0.717) is 28.4 Å². The molecule has 2 amide bonds. The summed E-state index contributed by atoms with van der Waals surface area (Å²) in [4.78, 5) is 22.7. The lowest BCUT2D eigenvalue weighted by atomic mass is 10.1. The zero-order valence-corrected chi connectivity index (χ0v) is 11.6. The Morgan fingerprint density at radius 2 is 1.95 bits per heavy atom.